The molecule has 2 aromatic heterocycles. The molecular weight excluding hydrogens is 337 g/mol. The number of nitrogens with one attached hydrogen (secondary N) is 2. The minimum atomic E-state index is -0.0126. The number of aryl methyl sites for hydroxylation is 1. The van der Waals surface area contributed by atoms with Crippen molar-refractivity contribution in [1.82, 2.24) is 20.3 Å². The van der Waals surface area contributed by atoms with Gasteiger partial charge in [0.25, 0.3) is 0 Å². The molecule has 128 valence electrons. The van der Waals surface area contributed by atoms with E-state index < -0.39 is 0 Å². The van der Waals surface area contributed by atoms with Crippen molar-refractivity contribution >= 4 is 41.7 Å². The fourth-order valence-corrected chi connectivity index (χ4v) is 3.48. The van der Waals surface area contributed by atoms with E-state index in [0.29, 0.717) is 0 Å². The average Bonchev–Trinajstić information content (AvgIpc) is 2.95. The van der Waals surface area contributed by atoms with Crippen LogP contribution in [0, 0.1) is 6.92 Å². The Morgan fingerprint density at radius 2 is 2.00 bits per heavy atom. The Labute approximate surface area is 148 Å². The highest BCUT2D eigenvalue weighted by Gasteiger charge is 2.38. The van der Waals surface area contributed by atoms with E-state index in [1.807, 2.05) is 19.2 Å². The minimum Gasteiger partial charge on any atom is -0.371 e. The van der Waals surface area contributed by atoms with Crippen LogP contribution in [0.2, 0.25) is 0 Å². The van der Waals surface area contributed by atoms with Gasteiger partial charge in [0.15, 0.2) is 5.82 Å². The monoisotopic (exact) mass is 359 g/mol. The van der Waals surface area contributed by atoms with Crippen LogP contribution in [0.15, 0.2) is 12.3 Å². The largest absolute Gasteiger partial charge is 0.371 e. The second-order valence-corrected chi connectivity index (χ2v) is 6.04. The number of anilines is 1. The lowest BCUT2D eigenvalue weighted by molar-refractivity contribution is -0.0739. The first-order valence-corrected chi connectivity index (χ1v) is 7.67. The number of rotatable bonds is 1. The van der Waals surface area contributed by atoms with E-state index >= 15 is 0 Å². The SMILES string of the molecule is Cc1nc(N2CCOC3(CCNCC3)C2)c2[nH]ccc2n1.Cl.Cl. The zero-order chi connectivity index (χ0) is 14.3. The molecule has 0 aliphatic carbocycles. The molecular formula is C15H23Cl2N5O. The number of aromatic nitrogens is 3. The molecule has 2 fully saturated rings. The Hall–Kier alpha value is -1.08. The molecule has 0 unspecified atom stereocenters. The first-order valence-electron chi connectivity index (χ1n) is 7.67. The third-order valence-electron chi connectivity index (χ3n) is 4.56. The molecule has 0 radical (unpaired) electrons. The molecule has 2 aliphatic heterocycles. The van der Waals surface area contributed by atoms with Crippen molar-refractivity contribution < 1.29 is 4.74 Å². The third kappa shape index (κ3) is 3.40. The summed E-state index contributed by atoms with van der Waals surface area (Å²) in [6, 6.07) is 2.01. The molecule has 1 spiro atoms. The molecule has 4 heterocycles. The standard InChI is InChI=1S/C15H21N5O.2ClH/c1-11-18-12-2-5-17-13(12)14(19-11)20-8-9-21-15(10-20)3-6-16-7-4-15;;/h2,5,16-17H,3-4,6-10H2,1H3;2*1H. The Balaban J connectivity index is 0.000000960. The van der Waals surface area contributed by atoms with Gasteiger partial charge in [-0.3, -0.25) is 0 Å². The molecule has 0 saturated carbocycles. The Kier molecular flexibility index (Phi) is 5.73. The van der Waals surface area contributed by atoms with Gasteiger partial charge < -0.3 is 19.9 Å². The first kappa shape index (κ1) is 18.3. The highest BCUT2D eigenvalue weighted by Crippen LogP contribution is 2.31. The Bertz CT molecular complexity index is 651. The number of aromatic amines is 1. The molecule has 0 amide bonds. The van der Waals surface area contributed by atoms with Crippen molar-refractivity contribution in [3.63, 3.8) is 0 Å². The van der Waals surface area contributed by atoms with Crippen LogP contribution in [-0.4, -0.2) is 53.3 Å². The smallest absolute Gasteiger partial charge is 0.156 e. The van der Waals surface area contributed by atoms with Gasteiger partial charge in [0.1, 0.15) is 11.3 Å². The summed E-state index contributed by atoms with van der Waals surface area (Å²) in [5, 5.41) is 3.42. The van der Waals surface area contributed by atoms with Gasteiger partial charge >= 0.3 is 0 Å². The average molecular weight is 360 g/mol. The predicted molar refractivity (Wildman–Crippen MR) is 96.1 cm³/mol. The van der Waals surface area contributed by atoms with Crippen molar-refractivity contribution in [2.24, 2.45) is 0 Å². The van der Waals surface area contributed by atoms with Crippen LogP contribution >= 0.6 is 24.8 Å². The molecule has 0 aromatic carbocycles. The fraction of sp³-hybridized carbons (Fsp3) is 0.600. The number of fused-ring (bicyclic) bond motifs is 1. The lowest BCUT2D eigenvalue weighted by Crippen LogP contribution is -2.56. The summed E-state index contributed by atoms with van der Waals surface area (Å²) in [4.78, 5) is 14.8. The van der Waals surface area contributed by atoms with Gasteiger partial charge in [-0.25, -0.2) is 9.97 Å². The van der Waals surface area contributed by atoms with Crippen LogP contribution in [0.1, 0.15) is 18.7 Å². The maximum atomic E-state index is 6.15. The van der Waals surface area contributed by atoms with Crippen molar-refractivity contribution in [2.45, 2.75) is 25.4 Å². The molecule has 8 heteroatoms. The van der Waals surface area contributed by atoms with E-state index in [9.17, 15) is 0 Å². The topological polar surface area (TPSA) is 66.1 Å². The second-order valence-electron chi connectivity index (χ2n) is 6.04. The maximum Gasteiger partial charge on any atom is 0.156 e. The summed E-state index contributed by atoms with van der Waals surface area (Å²) in [5.74, 6) is 1.84. The number of hydrogen-bond acceptors (Lipinski definition) is 5. The van der Waals surface area contributed by atoms with Gasteiger partial charge in [0, 0.05) is 19.3 Å². The summed E-state index contributed by atoms with van der Waals surface area (Å²) < 4.78 is 6.15. The van der Waals surface area contributed by atoms with Gasteiger partial charge in [0.2, 0.25) is 0 Å². The van der Waals surface area contributed by atoms with Crippen molar-refractivity contribution in [3.8, 4) is 0 Å². The van der Waals surface area contributed by atoms with Gasteiger partial charge in [0.05, 0.1) is 17.7 Å². The number of ether oxygens (including phenoxy) is 1. The number of H-pyrrole nitrogens is 1. The van der Waals surface area contributed by atoms with Crippen LogP contribution in [0.5, 0.6) is 0 Å². The summed E-state index contributed by atoms with van der Waals surface area (Å²) in [5.41, 5.74) is 2.01. The van der Waals surface area contributed by atoms with E-state index in [1.165, 1.54) is 0 Å². The zero-order valence-corrected chi connectivity index (χ0v) is 14.8. The van der Waals surface area contributed by atoms with Crippen molar-refractivity contribution in [3.05, 3.63) is 18.1 Å². The number of halogens is 2. The molecule has 2 N–H and O–H groups in total. The lowest BCUT2D eigenvalue weighted by Gasteiger charge is -2.45. The summed E-state index contributed by atoms with van der Waals surface area (Å²) >= 11 is 0. The predicted octanol–water partition coefficient (Wildman–Crippen LogP) is 2.07. The van der Waals surface area contributed by atoms with E-state index in [2.05, 4.69) is 25.2 Å². The van der Waals surface area contributed by atoms with Crippen LogP contribution in [-0.2, 0) is 4.74 Å². The second kappa shape index (κ2) is 7.21. The van der Waals surface area contributed by atoms with Gasteiger partial charge in [-0.2, -0.15) is 0 Å². The summed E-state index contributed by atoms with van der Waals surface area (Å²) in [6.45, 7) is 6.60. The Morgan fingerprint density at radius 1 is 1.22 bits per heavy atom. The molecule has 2 aromatic rings. The van der Waals surface area contributed by atoms with Gasteiger partial charge in [-0.05, 0) is 38.9 Å². The quantitative estimate of drug-likeness (QED) is 0.815. The molecule has 6 nitrogen and oxygen atoms in total. The zero-order valence-electron chi connectivity index (χ0n) is 13.2. The van der Waals surface area contributed by atoms with E-state index in [1.54, 1.807) is 0 Å². The van der Waals surface area contributed by atoms with Gasteiger partial charge in [-0.15, -0.1) is 24.8 Å². The maximum absolute atomic E-state index is 6.15. The van der Waals surface area contributed by atoms with Crippen molar-refractivity contribution in [2.75, 3.05) is 37.7 Å². The van der Waals surface area contributed by atoms with E-state index in [0.717, 1.165) is 68.3 Å². The minimum absolute atomic E-state index is 0. The van der Waals surface area contributed by atoms with E-state index in [4.69, 9.17) is 4.74 Å². The molecule has 0 bridgehead atoms. The first-order chi connectivity index (χ1) is 10.3. The van der Waals surface area contributed by atoms with Crippen LogP contribution < -0.4 is 10.2 Å². The highest BCUT2D eigenvalue weighted by atomic mass is 35.5. The lowest BCUT2D eigenvalue weighted by atomic mass is 9.90. The molecule has 0 atom stereocenters. The Morgan fingerprint density at radius 3 is 2.78 bits per heavy atom. The highest BCUT2D eigenvalue weighted by molar-refractivity contribution is 5.86. The fourth-order valence-electron chi connectivity index (χ4n) is 3.48. The number of piperidine rings is 1. The summed E-state index contributed by atoms with van der Waals surface area (Å²) in [6.07, 6.45) is 4.08. The molecule has 23 heavy (non-hydrogen) atoms. The van der Waals surface area contributed by atoms with E-state index in [-0.39, 0.29) is 30.4 Å². The molecule has 2 saturated heterocycles. The third-order valence-corrected chi connectivity index (χ3v) is 4.56. The van der Waals surface area contributed by atoms with Crippen LogP contribution in [0.25, 0.3) is 11.0 Å². The number of hydrogen-bond donors (Lipinski definition) is 2. The van der Waals surface area contributed by atoms with Crippen LogP contribution in [0.4, 0.5) is 5.82 Å². The van der Waals surface area contributed by atoms with Crippen LogP contribution in [0.3, 0.4) is 0 Å². The van der Waals surface area contributed by atoms with Gasteiger partial charge in [-0.1, -0.05) is 0 Å². The molecule has 4 rings (SSSR count). The number of morpholine rings is 1. The number of nitrogens with zero attached hydrogens (tertiary/aromatic N) is 3. The normalized spacial score (nSPS) is 20.1. The molecule has 2 aliphatic rings. The van der Waals surface area contributed by atoms with Crippen molar-refractivity contribution in [1.29, 1.82) is 0 Å². The summed E-state index contributed by atoms with van der Waals surface area (Å²) in [7, 11) is 0.